The molecular weight excluding hydrogens is 1450 g/mol. The quantitative estimate of drug-likeness (QED) is 0.0482. The lowest BCUT2D eigenvalue weighted by Gasteiger charge is -2.35. The second-order valence-electron chi connectivity index (χ2n) is 36.7. The van der Waals surface area contributed by atoms with Gasteiger partial charge in [-0.25, -0.2) is 19.2 Å². The van der Waals surface area contributed by atoms with Crippen LogP contribution in [0.2, 0.25) is 0 Å². The average Bonchev–Trinajstić information content (AvgIpc) is 1.28. The molecule has 8 amide bonds. The highest BCUT2D eigenvalue weighted by Crippen LogP contribution is 2.36. The summed E-state index contributed by atoms with van der Waals surface area (Å²) < 4.78 is 21.7. The lowest BCUT2D eigenvalue weighted by molar-refractivity contribution is -0.138. The first-order valence-corrected chi connectivity index (χ1v) is 42.0. The van der Waals surface area contributed by atoms with Crippen LogP contribution in [0.25, 0.3) is 16.8 Å². The average molecular weight is 1590 g/mol. The first-order valence-electron chi connectivity index (χ1n) is 42.0. The van der Waals surface area contributed by atoms with Crippen LogP contribution in [-0.2, 0) is 70.5 Å². The molecular formula is C91H134N12O12. The molecule has 4 saturated carbocycles. The zero-order valence-electron chi connectivity index (χ0n) is 71.9. The molecule has 0 saturated heterocycles. The van der Waals surface area contributed by atoms with Crippen molar-refractivity contribution < 1.29 is 57.3 Å². The summed E-state index contributed by atoms with van der Waals surface area (Å²) in [6.45, 7) is 28.6. The van der Waals surface area contributed by atoms with Crippen molar-refractivity contribution in [2.45, 2.75) is 247 Å². The number of nitrogens with zero attached hydrogens (tertiary/aromatic N) is 9. The van der Waals surface area contributed by atoms with Gasteiger partial charge in [0.2, 0.25) is 23.6 Å². The Morgan fingerprint density at radius 3 is 1.33 bits per heavy atom. The van der Waals surface area contributed by atoms with Crippen molar-refractivity contribution in [3.63, 3.8) is 0 Å². The first kappa shape index (κ1) is 91.3. The van der Waals surface area contributed by atoms with Gasteiger partial charge in [-0.3, -0.25) is 39.1 Å². The SMILES string of the molecule is CN(CC1CCC(C(=O)N2CCc3cnccc3C2)CC1)C(=O)OC(C)(C)C.CN(CC1CCC(C(=O)NCC2=Cc3cccnc3C2)CC1)C(=O)OC(C)(C)C.CN(CC1CCC(C(=O)NCCCc2ccncc2)CC1)C(=O)OC(C)(C)C.CN(CC1CCC(C(=O)NCc2ccc3cnccc3c2)CC1)C(=O)OC(C)(C)C. The predicted octanol–water partition coefficient (Wildman–Crippen LogP) is 15.8. The van der Waals surface area contributed by atoms with Gasteiger partial charge in [0, 0.05) is 166 Å². The molecule has 11 rings (SSSR count). The molecule has 0 atom stereocenters. The Bertz CT molecular complexity index is 4000. The van der Waals surface area contributed by atoms with Gasteiger partial charge >= 0.3 is 24.4 Å². The van der Waals surface area contributed by atoms with Crippen molar-refractivity contribution >= 4 is 64.9 Å². The summed E-state index contributed by atoms with van der Waals surface area (Å²) in [7, 11) is 7.16. The van der Waals surface area contributed by atoms with Crippen molar-refractivity contribution in [1.29, 1.82) is 0 Å². The number of hydrogen-bond acceptors (Lipinski definition) is 16. The molecule has 1 aliphatic heterocycles. The Balaban J connectivity index is 0.000000192. The number of hydrogen-bond donors (Lipinski definition) is 3. The molecule has 24 heteroatoms. The fourth-order valence-electron chi connectivity index (χ4n) is 15.9. The van der Waals surface area contributed by atoms with Crippen molar-refractivity contribution in [2.75, 3.05) is 74.0 Å². The fourth-order valence-corrected chi connectivity index (χ4v) is 15.9. The van der Waals surface area contributed by atoms with E-state index in [1.54, 1.807) is 72.6 Å². The minimum Gasteiger partial charge on any atom is -0.444 e. The Morgan fingerprint density at radius 2 is 0.870 bits per heavy atom. The highest BCUT2D eigenvalue weighted by Gasteiger charge is 2.36. The van der Waals surface area contributed by atoms with E-state index >= 15 is 0 Å². The molecule has 24 nitrogen and oxygen atoms in total. The number of amides is 8. The van der Waals surface area contributed by atoms with E-state index in [2.05, 4.69) is 54.1 Å². The van der Waals surface area contributed by atoms with E-state index in [-0.39, 0.29) is 65.8 Å². The van der Waals surface area contributed by atoms with Gasteiger partial charge in [-0.2, -0.15) is 0 Å². The summed E-state index contributed by atoms with van der Waals surface area (Å²) >= 11 is 0. The van der Waals surface area contributed by atoms with Gasteiger partial charge in [0.1, 0.15) is 22.4 Å². The maximum atomic E-state index is 13.0. The van der Waals surface area contributed by atoms with Crippen LogP contribution < -0.4 is 16.0 Å². The summed E-state index contributed by atoms with van der Waals surface area (Å²) in [4.78, 5) is 124. The molecule has 5 aliphatic carbocycles. The number of carbonyl (C=O) groups is 8. The van der Waals surface area contributed by atoms with E-state index in [0.29, 0.717) is 81.9 Å². The molecule has 115 heavy (non-hydrogen) atoms. The summed E-state index contributed by atoms with van der Waals surface area (Å²) in [6, 6.07) is 18.2. The standard InChI is InChI=1S/C24H33N3O3.C23H33N3O3.C22H33N3O3.C22H35N3O3/c1-24(2,3)30-23(29)27(4)16-17-5-8-19(9-6-17)22(28)26-14-18-7-10-21-15-25-12-11-20(21)13-18;1-23(2,3)29-22(28)26(4)15-16-7-9-18(10-8-16)21(27)25-14-17-12-19-6-5-11-24-20(19)13-17;1-22(2,3)28-21(27)24(4)14-16-5-7-17(8-6-16)20(26)25-12-10-18-13-23-11-9-19(18)15-25;1-22(2,3)28-21(27)25(4)16-18-7-9-19(10-8-18)20(26)24-13-5-6-17-11-14-23-15-12-17/h7,10-13,15,17,19H,5-6,8-9,14,16H2,1-4H3,(H,26,28);5-6,11-12,16,18H,7-10,13-15H2,1-4H3,(H,25,27);9,11,13,16-17H,5-8,10,12,14-15H2,1-4H3;11-12,14-15,18-19H,5-10,13,16H2,1-4H3,(H,24,26). The third-order valence-corrected chi connectivity index (χ3v) is 22.2. The smallest absolute Gasteiger partial charge is 0.410 e. The van der Waals surface area contributed by atoms with Gasteiger partial charge in [0.15, 0.2) is 0 Å². The Hall–Kier alpha value is -9.22. The Labute approximate surface area is 684 Å². The predicted molar refractivity (Wildman–Crippen MR) is 449 cm³/mol. The summed E-state index contributed by atoms with van der Waals surface area (Å²) in [6.07, 6.45) is 32.2. The molecule has 3 N–H and O–H groups in total. The maximum absolute atomic E-state index is 13.0. The number of ether oxygens (including phenoxy) is 4. The van der Waals surface area contributed by atoms with Crippen molar-refractivity contribution in [3.05, 3.63) is 137 Å². The van der Waals surface area contributed by atoms with Gasteiger partial charge in [-0.05, 0) is 304 Å². The van der Waals surface area contributed by atoms with Crippen LogP contribution in [0.15, 0.2) is 104 Å². The molecule has 0 bridgehead atoms. The highest BCUT2D eigenvalue weighted by atomic mass is 16.6. The minimum absolute atomic E-state index is 0.0535. The van der Waals surface area contributed by atoms with Gasteiger partial charge < -0.3 is 59.4 Å². The van der Waals surface area contributed by atoms with Crippen LogP contribution in [0.3, 0.4) is 0 Å². The molecule has 630 valence electrons. The van der Waals surface area contributed by atoms with E-state index in [4.69, 9.17) is 18.9 Å². The van der Waals surface area contributed by atoms with E-state index in [9.17, 15) is 38.4 Å². The third kappa shape index (κ3) is 31.7. The van der Waals surface area contributed by atoms with E-state index in [1.807, 2.05) is 149 Å². The minimum atomic E-state index is -0.483. The van der Waals surface area contributed by atoms with Gasteiger partial charge in [-0.15, -0.1) is 0 Å². The van der Waals surface area contributed by atoms with Crippen LogP contribution in [0, 0.1) is 47.3 Å². The number of aryl methyl sites for hydroxylation is 1. The van der Waals surface area contributed by atoms with Crippen LogP contribution in [0.1, 0.15) is 226 Å². The third-order valence-electron chi connectivity index (χ3n) is 22.2. The highest BCUT2D eigenvalue weighted by molar-refractivity contribution is 5.83. The monoisotopic (exact) mass is 1590 g/mol. The summed E-state index contributed by atoms with van der Waals surface area (Å²) in [5.41, 5.74) is 6.38. The van der Waals surface area contributed by atoms with Crippen molar-refractivity contribution in [2.24, 2.45) is 47.3 Å². The summed E-state index contributed by atoms with van der Waals surface area (Å²) in [5.74, 6) is 2.81. The molecule has 4 fully saturated rings. The Morgan fingerprint density at radius 1 is 0.443 bits per heavy atom. The second kappa shape index (κ2) is 43.1. The molecule has 6 aliphatic rings. The molecule has 1 aromatic carbocycles. The van der Waals surface area contributed by atoms with Gasteiger partial charge in [0.25, 0.3) is 0 Å². The van der Waals surface area contributed by atoms with E-state index in [0.717, 1.165) is 163 Å². The molecule has 5 aromatic rings. The maximum Gasteiger partial charge on any atom is 0.410 e. The first-order chi connectivity index (χ1) is 54.4. The number of carbonyl (C=O) groups excluding carboxylic acids is 8. The number of nitrogens with one attached hydrogen (secondary N) is 3. The van der Waals surface area contributed by atoms with Crippen molar-refractivity contribution in [1.82, 2.24) is 60.4 Å². The van der Waals surface area contributed by atoms with Crippen molar-refractivity contribution in [3.8, 4) is 0 Å². The zero-order valence-corrected chi connectivity index (χ0v) is 71.9. The van der Waals surface area contributed by atoms with Crippen LogP contribution in [-0.4, -0.2) is 189 Å². The normalized spacial score (nSPS) is 20.6. The fraction of sp³-hybridized carbons (Fsp3) is 0.626. The molecule has 4 aromatic heterocycles. The number of rotatable bonds is 20. The molecule has 5 heterocycles. The molecule has 0 radical (unpaired) electrons. The van der Waals surface area contributed by atoms with Crippen LogP contribution in [0.5, 0.6) is 0 Å². The number of benzene rings is 1. The van der Waals surface area contributed by atoms with Gasteiger partial charge in [0.05, 0.1) is 5.69 Å². The second-order valence-corrected chi connectivity index (χ2v) is 36.7. The molecule has 0 unspecified atom stereocenters. The van der Waals surface area contributed by atoms with Crippen LogP contribution in [0.4, 0.5) is 19.2 Å². The number of aromatic nitrogens is 4. The van der Waals surface area contributed by atoms with E-state index < -0.39 is 22.4 Å². The lowest BCUT2D eigenvalue weighted by atomic mass is 9.81. The Kier molecular flexibility index (Phi) is 34.2. The number of fused-ring (bicyclic) bond motifs is 3. The van der Waals surface area contributed by atoms with Gasteiger partial charge in [-0.1, -0.05) is 24.3 Å². The zero-order chi connectivity index (χ0) is 83.6. The number of pyridine rings is 4. The topological polar surface area (TPSA) is 277 Å². The van der Waals surface area contributed by atoms with Crippen LogP contribution >= 0.6 is 0 Å². The van der Waals surface area contributed by atoms with E-state index in [1.165, 1.54) is 22.3 Å². The largest absolute Gasteiger partial charge is 0.444 e. The molecule has 0 spiro atoms. The lowest BCUT2D eigenvalue weighted by Crippen LogP contribution is -2.42. The summed E-state index contributed by atoms with van der Waals surface area (Å²) in [5, 5.41) is 11.5.